The summed E-state index contributed by atoms with van der Waals surface area (Å²) in [4.78, 5) is 4.23. The summed E-state index contributed by atoms with van der Waals surface area (Å²) in [6.45, 7) is 1.94. The van der Waals surface area contributed by atoms with Gasteiger partial charge in [0.1, 0.15) is 5.82 Å². The number of hydrogen-bond acceptors (Lipinski definition) is 4. The van der Waals surface area contributed by atoms with Gasteiger partial charge in [-0.05, 0) is 31.2 Å². The predicted octanol–water partition coefficient (Wildman–Crippen LogP) is 3.04. The lowest BCUT2D eigenvalue weighted by molar-refractivity contribution is 0.628. The summed E-state index contributed by atoms with van der Waals surface area (Å²) in [6.07, 6.45) is 1.63. The number of nitrogens with zero attached hydrogens (tertiary/aromatic N) is 2. The second-order valence-electron chi connectivity index (χ2n) is 3.17. The molecule has 0 fully saturated rings. The van der Waals surface area contributed by atoms with Crippen molar-refractivity contribution >= 4 is 23.2 Å². The van der Waals surface area contributed by atoms with E-state index in [0.29, 0.717) is 0 Å². The molecule has 1 N–H and O–H groups in total. The molecule has 2 rings (SSSR count). The van der Waals surface area contributed by atoms with Crippen LogP contribution in [0.5, 0.6) is 0 Å². The molecule has 0 radical (unpaired) electrons. The molecule has 0 spiro atoms. The van der Waals surface area contributed by atoms with Crippen molar-refractivity contribution in [3.05, 3.63) is 46.2 Å². The molecule has 0 amide bonds. The number of aryl methyl sites for hydroxylation is 1. The van der Waals surface area contributed by atoms with Crippen molar-refractivity contribution in [3.63, 3.8) is 0 Å². The lowest BCUT2D eigenvalue weighted by Gasteiger charge is -1.97. The van der Waals surface area contributed by atoms with Crippen LogP contribution in [0.2, 0.25) is 0 Å². The average molecular weight is 235 g/mol. The molecule has 0 saturated heterocycles. The Kier molecular flexibility index (Phi) is 3.26. The van der Waals surface area contributed by atoms with E-state index >= 15 is 0 Å². The summed E-state index contributed by atoms with van der Waals surface area (Å²) in [7, 11) is 0. The summed E-state index contributed by atoms with van der Waals surface area (Å²) in [5, 5.41) is 6.93. The van der Waals surface area contributed by atoms with Gasteiger partial charge in [-0.2, -0.15) is 5.10 Å². The third-order valence-electron chi connectivity index (χ3n) is 1.87. The Balaban J connectivity index is 1.97. The van der Waals surface area contributed by atoms with E-state index in [1.807, 2.05) is 12.3 Å². The second-order valence-corrected chi connectivity index (χ2v) is 4.23. The van der Waals surface area contributed by atoms with E-state index in [-0.39, 0.29) is 5.82 Å². The van der Waals surface area contributed by atoms with Crippen molar-refractivity contribution in [2.45, 2.75) is 6.92 Å². The fraction of sp³-hybridized carbons (Fsp3) is 0.0909. The predicted molar refractivity (Wildman–Crippen MR) is 64.5 cm³/mol. The van der Waals surface area contributed by atoms with Gasteiger partial charge < -0.3 is 0 Å². The van der Waals surface area contributed by atoms with Crippen molar-refractivity contribution in [3.8, 4) is 0 Å². The van der Waals surface area contributed by atoms with E-state index in [4.69, 9.17) is 0 Å². The van der Waals surface area contributed by atoms with Crippen LogP contribution in [0.4, 0.5) is 10.1 Å². The Bertz CT molecular complexity index is 490. The average Bonchev–Trinajstić information content (AvgIpc) is 2.67. The lowest BCUT2D eigenvalue weighted by Crippen LogP contribution is -1.90. The third-order valence-corrected chi connectivity index (χ3v) is 2.66. The van der Waals surface area contributed by atoms with Gasteiger partial charge >= 0.3 is 0 Å². The number of rotatable bonds is 3. The van der Waals surface area contributed by atoms with E-state index in [2.05, 4.69) is 15.5 Å². The highest BCUT2D eigenvalue weighted by atomic mass is 32.1. The fourth-order valence-electron chi connectivity index (χ4n) is 1.14. The molecule has 0 unspecified atom stereocenters. The monoisotopic (exact) mass is 235 g/mol. The van der Waals surface area contributed by atoms with Crippen LogP contribution in [0.15, 0.2) is 34.7 Å². The Morgan fingerprint density at radius 2 is 2.12 bits per heavy atom. The standard InChI is InChI=1S/C11H10FN3S/c1-8-14-11(7-16-8)6-13-15-10-4-2-9(12)3-5-10/h2-7,15H,1H3/b13-6-. The van der Waals surface area contributed by atoms with Gasteiger partial charge in [-0.15, -0.1) is 11.3 Å². The number of hydrogen-bond donors (Lipinski definition) is 1. The zero-order chi connectivity index (χ0) is 11.4. The number of halogens is 1. The second kappa shape index (κ2) is 4.85. The molecule has 0 atom stereocenters. The van der Waals surface area contributed by atoms with Crippen LogP contribution in [0, 0.1) is 12.7 Å². The van der Waals surface area contributed by atoms with Crippen LogP contribution in [0.25, 0.3) is 0 Å². The normalized spacial score (nSPS) is 10.9. The number of anilines is 1. The smallest absolute Gasteiger partial charge is 0.123 e. The van der Waals surface area contributed by atoms with Gasteiger partial charge in [-0.25, -0.2) is 9.37 Å². The molecule has 82 valence electrons. The minimum absolute atomic E-state index is 0.260. The summed E-state index contributed by atoms with van der Waals surface area (Å²) >= 11 is 1.57. The highest BCUT2D eigenvalue weighted by Crippen LogP contribution is 2.08. The van der Waals surface area contributed by atoms with Crippen molar-refractivity contribution in [1.82, 2.24) is 4.98 Å². The van der Waals surface area contributed by atoms with Crippen molar-refractivity contribution < 1.29 is 4.39 Å². The quantitative estimate of drug-likeness (QED) is 0.656. The number of aromatic nitrogens is 1. The van der Waals surface area contributed by atoms with Crippen LogP contribution in [0.3, 0.4) is 0 Å². The summed E-state index contributed by atoms with van der Waals surface area (Å²) in [5.41, 5.74) is 4.35. The molecular formula is C11H10FN3S. The van der Waals surface area contributed by atoms with Crippen LogP contribution in [0.1, 0.15) is 10.7 Å². The molecular weight excluding hydrogens is 225 g/mol. The van der Waals surface area contributed by atoms with Crippen molar-refractivity contribution in [2.24, 2.45) is 5.10 Å². The van der Waals surface area contributed by atoms with Gasteiger partial charge in [0, 0.05) is 5.38 Å². The first-order valence-corrected chi connectivity index (χ1v) is 5.59. The first kappa shape index (κ1) is 10.8. The van der Waals surface area contributed by atoms with Gasteiger partial charge in [-0.3, -0.25) is 5.43 Å². The molecule has 0 aliphatic carbocycles. The zero-order valence-electron chi connectivity index (χ0n) is 8.64. The van der Waals surface area contributed by atoms with E-state index in [1.54, 1.807) is 29.7 Å². The summed E-state index contributed by atoms with van der Waals surface area (Å²) in [5.74, 6) is -0.260. The fourth-order valence-corrected chi connectivity index (χ4v) is 1.70. The molecule has 3 nitrogen and oxygen atoms in total. The largest absolute Gasteiger partial charge is 0.278 e. The minimum Gasteiger partial charge on any atom is -0.278 e. The van der Waals surface area contributed by atoms with Gasteiger partial charge in [0.2, 0.25) is 0 Å². The molecule has 0 bridgehead atoms. The van der Waals surface area contributed by atoms with Gasteiger partial charge in [0.25, 0.3) is 0 Å². The number of thiazole rings is 1. The van der Waals surface area contributed by atoms with Crippen molar-refractivity contribution in [2.75, 3.05) is 5.43 Å². The summed E-state index contributed by atoms with van der Waals surface area (Å²) < 4.78 is 12.6. The summed E-state index contributed by atoms with van der Waals surface area (Å²) in [6, 6.07) is 6.01. The van der Waals surface area contributed by atoms with E-state index in [1.165, 1.54) is 12.1 Å². The lowest BCUT2D eigenvalue weighted by atomic mass is 10.3. The molecule has 5 heteroatoms. The van der Waals surface area contributed by atoms with Crippen LogP contribution in [-0.2, 0) is 0 Å². The zero-order valence-corrected chi connectivity index (χ0v) is 9.46. The van der Waals surface area contributed by atoms with Gasteiger partial charge in [-0.1, -0.05) is 0 Å². The van der Waals surface area contributed by atoms with Crippen molar-refractivity contribution in [1.29, 1.82) is 0 Å². The van der Waals surface area contributed by atoms with Gasteiger partial charge in [0.15, 0.2) is 0 Å². The van der Waals surface area contributed by atoms with Crippen LogP contribution in [-0.4, -0.2) is 11.2 Å². The third kappa shape index (κ3) is 2.87. The van der Waals surface area contributed by atoms with Crippen LogP contribution >= 0.6 is 11.3 Å². The molecule has 0 aliphatic rings. The SMILES string of the molecule is Cc1nc(/C=N\Nc2ccc(F)cc2)cs1. The Labute approximate surface area is 96.7 Å². The maximum atomic E-state index is 12.6. The maximum absolute atomic E-state index is 12.6. The highest BCUT2D eigenvalue weighted by molar-refractivity contribution is 7.09. The van der Waals surface area contributed by atoms with Crippen LogP contribution < -0.4 is 5.43 Å². The number of hydrazone groups is 1. The molecule has 1 aromatic carbocycles. The van der Waals surface area contributed by atoms with E-state index in [9.17, 15) is 4.39 Å². The molecule has 1 aromatic heterocycles. The topological polar surface area (TPSA) is 37.3 Å². The molecule has 2 aromatic rings. The Morgan fingerprint density at radius 1 is 1.38 bits per heavy atom. The van der Waals surface area contributed by atoms with Gasteiger partial charge in [0.05, 0.1) is 22.6 Å². The molecule has 0 saturated carbocycles. The number of nitrogens with one attached hydrogen (secondary N) is 1. The molecule has 0 aliphatic heterocycles. The molecule has 16 heavy (non-hydrogen) atoms. The van der Waals surface area contributed by atoms with E-state index < -0.39 is 0 Å². The van der Waals surface area contributed by atoms with E-state index in [0.717, 1.165) is 16.4 Å². The minimum atomic E-state index is -0.260. The number of benzene rings is 1. The molecule has 1 heterocycles. The Hall–Kier alpha value is -1.75. The maximum Gasteiger partial charge on any atom is 0.123 e. The first-order chi connectivity index (χ1) is 7.74. The Morgan fingerprint density at radius 3 is 2.75 bits per heavy atom. The first-order valence-electron chi connectivity index (χ1n) is 4.71. The highest BCUT2D eigenvalue weighted by Gasteiger charge is 1.93.